The van der Waals surface area contributed by atoms with Crippen molar-refractivity contribution in [2.24, 2.45) is 0 Å². The number of carbonyl (C=O) groups is 1. The van der Waals surface area contributed by atoms with Crippen molar-refractivity contribution in [1.82, 2.24) is 19.5 Å². The highest BCUT2D eigenvalue weighted by Crippen LogP contribution is 2.36. The number of fused-ring (bicyclic) bond motifs is 1. The van der Waals surface area contributed by atoms with Gasteiger partial charge in [-0.25, -0.2) is 9.50 Å². The van der Waals surface area contributed by atoms with Crippen molar-refractivity contribution in [2.75, 3.05) is 6.54 Å². The maximum atomic E-state index is 13.8. The summed E-state index contributed by atoms with van der Waals surface area (Å²) in [5, 5.41) is 5.67. The Bertz CT molecular complexity index is 1280. The van der Waals surface area contributed by atoms with Crippen LogP contribution < -0.4 is 0 Å². The average Bonchev–Trinajstić information content (AvgIpc) is 3.52. The van der Waals surface area contributed by atoms with Gasteiger partial charge >= 0.3 is 6.18 Å². The standard InChI is InChI=1S/C23H19F3N4OS/c1-14-6-8-15(9-7-14)18-4-2-10-29(18)22(31)16-13-27-30-20(23(24,25)26)12-17(28-21(16)30)19-5-3-11-32-19/h3,5-9,11-13,18H,2,4,10H2,1H3. The molecule has 1 amide bonds. The summed E-state index contributed by atoms with van der Waals surface area (Å²) in [6, 6.07) is 12.3. The van der Waals surface area contributed by atoms with Crippen LogP contribution in [0.3, 0.4) is 0 Å². The van der Waals surface area contributed by atoms with Gasteiger partial charge in [0, 0.05) is 6.54 Å². The van der Waals surface area contributed by atoms with Gasteiger partial charge in [0.25, 0.3) is 5.91 Å². The Morgan fingerprint density at radius 3 is 2.66 bits per heavy atom. The third-order valence-electron chi connectivity index (χ3n) is 5.74. The van der Waals surface area contributed by atoms with E-state index in [1.54, 1.807) is 22.4 Å². The molecule has 0 spiro atoms. The molecule has 164 valence electrons. The first-order chi connectivity index (χ1) is 15.3. The quantitative estimate of drug-likeness (QED) is 0.394. The fourth-order valence-electron chi connectivity index (χ4n) is 4.17. The maximum absolute atomic E-state index is 13.8. The molecular formula is C23H19F3N4OS. The van der Waals surface area contributed by atoms with Gasteiger partial charge in [-0.1, -0.05) is 35.9 Å². The first-order valence-electron chi connectivity index (χ1n) is 10.2. The highest BCUT2D eigenvalue weighted by Gasteiger charge is 2.37. The van der Waals surface area contributed by atoms with E-state index in [0.717, 1.165) is 34.6 Å². The van der Waals surface area contributed by atoms with E-state index in [2.05, 4.69) is 10.1 Å². The predicted octanol–water partition coefficient (Wildman–Crippen LogP) is 5.76. The lowest BCUT2D eigenvalue weighted by Gasteiger charge is -2.25. The number of likely N-dealkylation sites (tertiary alicyclic amines) is 1. The molecule has 1 saturated heterocycles. The van der Waals surface area contributed by atoms with Gasteiger partial charge in [-0.05, 0) is 42.8 Å². The van der Waals surface area contributed by atoms with Crippen LogP contribution in [0.1, 0.15) is 46.1 Å². The molecular weight excluding hydrogens is 437 g/mol. The maximum Gasteiger partial charge on any atom is 0.433 e. The Morgan fingerprint density at radius 1 is 1.19 bits per heavy atom. The fourth-order valence-corrected chi connectivity index (χ4v) is 4.85. The molecule has 0 bridgehead atoms. The van der Waals surface area contributed by atoms with Gasteiger partial charge in [-0.3, -0.25) is 4.79 Å². The topological polar surface area (TPSA) is 50.5 Å². The number of halogens is 3. The zero-order valence-electron chi connectivity index (χ0n) is 17.1. The van der Waals surface area contributed by atoms with Crippen LogP contribution in [0.25, 0.3) is 16.2 Å². The Morgan fingerprint density at radius 2 is 1.97 bits per heavy atom. The smallest absolute Gasteiger partial charge is 0.331 e. The van der Waals surface area contributed by atoms with Crippen molar-refractivity contribution in [3.63, 3.8) is 0 Å². The molecule has 1 fully saturated rings. The molecule has 4 aromatic rings. The monoisotopic (exact) mass is 456 g/mol. The van der Waals surface area contributed by atoms with Gasteiger partial charge in [-0.2, -0.15) is 18.3 Å². The molecule has 1 atom stereocenters. The Balaban J connectivity index is 1.60. The number of rotatable bonds is 3. The van der Waals surface area contributed by atoms with Crippen LogP contribution in [0.15, 0.2) is 54.0 Å². The molecule has 5 rings (SSSR count). The number of nitrogens with zero attached hydrogens (tertiary/aromatic N) is 4. The molecule has 9 heteroatoms. The first-order valence-corrected chi connectivity index (χ1v) is 11.1. The Kier molecular flexibility index (Phi) is 5.00. The van der Waals surface area contributed by atoms with Gasteiger partial charge in [0.05, 0.1) is 22.8 Å². The lowest BCUT2D eigenvalue weighted by Crippen LogP contribution is -2.30. The van der Waals surface area contributed by atoms with Crippen molar-refractivity contribution in [3.8, 4) is 10.6 Å². The van der Waals surface area contributed by atoms with Crippen molar-refractivity contribution in [3.05, 3.63) is 76.4 Å². The zero-order valence-corrected chi connectivity index (χ0v) is 18.0. The lowest BCUT2D eigenvalue weighted by molar-refractivity contribution is -0.142. The molecule has 0 aliphatic carbocycles. The number of aryl methyl sites for hydroxylation is 1. The number of thiophene rings is 1. The van der Waals surface area contributed by atoms with E-state index in [1.165, 1.54) is 17.5 Å². The molecule has 1 aromatic carbocycles. The lowest BCUT2D eigenvalue weighted by atomic mass is 10.0. The highest BCUT2D eigenvalue weighted by molar-refractivity contribution is 7.13. The number of hydrogen-bond acceptors (Lipinski definition) is 4. The summed E-state index contributed by atoms with van der Waals surface area (Å²) in [5.41, 5.74) is 1.35. The number of hydrogen-bond donors (Lipinski definition) is 0. The Hall–Kier alpha value is -3.20. The van der Waals surface area contributed by atoms with Crippen molar-refractivity contribution in [1.29, 1.82) is 0 Å². The Labute approximate surface area is 186 Å². The van der Waals surface area contributed by atoms with Crippen LogP contribution in [0, 0.1) is 6.92 Å². The molecule has 5 nitrogen and oxygen atoms in total. The molecule has 3 aromatic heterocycles. The van der Waals surface area contributed by atoms with Crippen LogP contribution in [0.4, 0.5) is 13.2 Å². The first kappa shape index (κ1) is 20.7. The minimum Gasteiger partial charge on any atom is -0.331 e. The summed E-state index contributed by atoms with van der Waals surface area (Å²) in [6.07, 6.45) is -1.82. The van der Waals surface area contributed by atoms with Crippen LogP contribution >= 0.6 is 11.3 Å². The highest BCUT2D eigenvalue weighted by atomic mass is 32.1. The molecule has 1 unspecified atom stereocenters. The van der Waals surface area contributed by atoms with Crippen molar-refractivity contribution in [2.45, 2.75) is 32.0 Å². The summed E-state index contributed by atoms with van der Waals surface area (Å²) in [4.78, 5) is 20.2. The van der Waals surface area contributed by atoms with E-state index in [9.17, 15) is 18.0 Å². The second kappa shape index (κ2) is 7.74. The van der Waals surface area contributed by atoms with Gasteiger partial charge < -0.3 is 4.90 Å². The number of alkyl halides is 3. The number of amides is 1. The van der Waals surface area contributed by atoms with Gasteiger partial charge in [0.1, 0.15) is 5.56 Å². The summed E-state index contributed by atoms with van der Waals surface area (Å²) in [5.74, 6) is -0.355. The minimum atomic E-state index is -4.64. The number of benzene rings is 1. The van der Waals surface area contributed by atoms with Crippen LogP contribution in [-0.2, 0) is 6.18 Å². The fraction of sp³-hybridized carbons (Fsp3) is 0.261. The second-order valence-electron chi connectivity index (χ2n) is 7.86. The number of aromatic nitrogens is 3. The summed E-state index contributed by atoms with van der Waals surface area (Å²) in [6.45, 7) is 2.53. The molecule has 1 aliphatic rings. The van der Waals surface area contributed by atoms with Crippen molar-refractivity contribution >= 4 is 22.9 Å². The zero-order chi connectivity index (χ0) is 22.5. The summed E-state index contributed by atoms with van der Waals surface area (Å²) in [7, 11) is 0. The van der Waals surface area contributed by atoms with Gasteiger partial charge in [0.2, 0.25) is 0 Å². The normalized spacial score (nSPS) is 16.8. The third kappa shape index (κ3) is 3.56. The minimum absolute atomic E-state index is 0.0768. The number of carbonyl (C=O) groups excluding carboxylic acids is 1. The summed E-state index contributed by atoms with van der Waals surface area (Å²) < 4.78 is 42.1. The van der Waals surface area contributed by atoms with E-state index in [-0.39, 0.29) is 28.9 Å². The third-order valence-corrected chi connectivity index (χ3v) is 6.63. The van der Waals surface area contributed by atoms with Crippen LogP contribution in [-0.4, -0.2) is 31.9 Å². The SMILES string of the molecule is Cc1ccc(C2CCCN2C(=O)c2cnn3c(C(F)(F)F)cc(-c4cccs4)nc23)cc1. The van der Waals surface area contributed by atoms with E-state index in [4.69, 9.17) is 0 Å². The van der Waals surface area contributed by atoms with Crippen LogP contribution in [0.5, 0.6) is 0 Å². The molecule has 0 saturated carbocycles. The van der Waals surface area contributed by atoms with Crippen molar-refractivity contribution < 1.29 is 18.0 Å². The van der Waals surface area contributed by atoms with E-state index in [0.29, 0.717) is 11.4 Å². The molecule has 1 aliphatic heterocycles. The van der Waals surface area contributed by atoms with Crippen LogP contribution in [0.2, 0.25) is 0 Å². The molecule has 32 heavy (non-hydrogen) atoms. The largest absolute Gasteiger partial charge is 0.433 e. The molecule has 0 N–H and O–H groups in total. The average molecular weight is 456 g/mol. The van der Waals surface area contributed by atoms with E-state index >= 15 is 0 Å². The second-order valence-corrected chi connectivity index (χ2v) is 8.81. The summed E-state index contributed by atoms with van der Waals surface area (Å²) >= 11 is 1.29. The molecule has 0 radical (unpaired) electrons. The van der Waals surface area contributed by atoms with E-state index < -0.39 is 11.9 Å². The van der Waals surface area contributed by atoms with E-state index in [1.807, 2.05) is 31.2 Å². The van der Waals surface area contributed by atoms with Gasteiger partial charge in [-0.15, -0.1) is 11.3 Å². The molecule has 4 heterocycles. The van der Waals surface area contributed by atoms with Gasteiger partial charge in [0.15, 0.2) is 11.3 Å². The predicted molar refractivity (Wildman–Crippen MR) is 115 cm³/mol.